The van der Waals surface area contributed by atoms with Crippen molar-refractivity contribution in [3.05, 3.63) is 56.8 Å². The van der Waals surface area contributed by atoms with Crippen LogP contribution in [0.4, 0.5) is 8.78 Å². The van der Waals surface area contributed by atoms with E-state index >= 15 is 0 Å². The number of halogens is 2. The fourth-order valence-electron chi connectivity index (χ4n) is 2.42. The van der Waals surface area contributed by atoms with E-state index in [-0.39, 0.29) is 0 Å². The fourth-order valence-corrected chi connectivity index (χ4v) is 3.71. The maximum atomic E-state index is 13.2. The summed E-state index contributed by atoms with van der Waals surface area (Å²) in [5, 5.41) is 0. The quantitative estimate of drug-likeness (QED) is 0.882. The van der Waals surface area contributed by atoms with E-state index in [4.69, 9.17) is 5.73 Å². The van der Waals surface area contributed by atoms with Gasteiger partial charge in [0.1, 0.15) is 11.6 Å². The van der Waals surface area contributed by atoms with Crippen molar-refractivity contribution in [3.8, 4) is 0 Å². The van der Waals surface area contributed by atoms with Crippen LogP contribution < -0.4 is 5.73 Å². The molecule has 4 heteroatoms. The summed E-state index contributed by atoms with van der Waals surface area (Å²) in [4.78, 5) is 2.36. The molecule has 94 valence electrons. The van der Waals surface area contributed by atoms with Crippen molar-refractivity contribution in [3.63, 3.8) is 0 Å². The van der Waals surface area contributed by atoms with Crippen LogP contribution in [-0.2, 0) is 12.8 Å². The smallest absolute Gasteiger partial charge is 0.126 e. The second-order valence-corrected chi connectivity index (χ2v) is 5.80. The largest absolute Gasteiger partial charge is 0.320 e. The first-order valence-electron chi connectivity index (χ1n) is 5.96. The van der Waals surface area contributed by atoms with E-state index in [9.17, 15) is 8.78 Å². The molecular formula is C14H13F2NS. The molecule has 0 amide bonds. The average molecular weight is 265 g/mol. The lowest BCUT2D eigenvalue weighted by atomic mass is 10.1. The van der Waals surface area contributed by atoms with Crippen LogP contribution >= 0.6 is 11.3 Å². The van der Waals surface area contributed by atoms with Crippen molar-refractivity contribution in [2.24, 2.45) is 5.73 Å². The van der Waals surface area contributed by atoms with Crippen LogP contribution in [0, 0.1) is 11.6 Å². The van der Waals surface area contributed by atoms with Crippen molar-refractivity contribution >= 4 is 11.3 Å². The molecule has 1 nitrogen and oxygen atoms in total. The minimum absolute atomic E-state index is 0.439. The second-order valence-electron chi connectivity index (χ2n) is 4.63. The summed E-state index contributed by atoms with van der Waals surface area (Å²) in [6, 6.07) is 5.12. The summed E-state index contributed by atoms with van der Waals surface area (Å²) < 4.78 is 26.3. The molecule has 1 aliphatic rings. The molecule has 1 heterocycles. The van der Waals surface area contributed by atoms with Crippen LogP contribution in [-0.4, -0.2) is 0 Å². The first-order valence-corrected chi connectivity index (χ1v) is 6.78. The summed E-state index contributed by atoms with van der Waals surface area (Å²) >= 11 is 1.67. The van der Waals surface area contributed by atoms with Gasteiger partial charge in [0.25, 0.3) is 0 Å². The van der Waals surface area contributed by atoms with Crippen molar-refractivity contribution in [1.82, 2.24) is 0 Å². The van der Waals surface area contributed by atoms with E-state index in [0.717, 1.165) is 23.8 Å². The number of fused-ring (bicyclic) bond motifs is 1. The number of hydrogen-bond donors (Lipinski definition) is 1. The molecule has 2 aromatic rings. The SMILES string of the molecule is NC(c1cc(F)cc(F)c1)c1cc2c(s1)CCC2. The lowest BCUT2D eigenvalue weighted by molar-refractivity contribution is 0.577. The molecule has 18 heavy (non-hydrogen) atoms. The van der Waals surface area contributed by atoms with Gasteiger partial charge in [0, 0.05) is 15.8 Å². The highest BCUT2D eigenvalue weighted by molar-refractivity contribution is 7.12. The molecule has 1 atom stereocenters. The molecule has 1 aromatic carbocycles. The zero-order valence-corrected chi connectivity index (χ0v) is 10.6. The predicted octanol–water partition coefficient (Wildman–Crippen LogP) is 3.56. The molecule has 0 radical (unpaired) electrons. The highest BCUT2D eigenvalue weighted by Crippen LogP contribution is 2.35. The van der Waals surface area contributed by atoms with Gasteiger partial charge < -0.3 is 5.73 Å². The van der Waals surface area contributed by atoms with Crippen molar-refractivity contribution in [2.75, 3.05) is 0 Å². The molecule has 1 aromatic heterocycles. The highest BCUT2D eigenvalue weighted by atomic mass is 32.1. The third-order valence-corrected chi connectivity index (χ3v) is 4.64. The number of nitrogens with two attached hydrogens (primary N) is 1. The highest BCUT2D eigenvalue weighted by Gasteiger charge is 2.19. The molecule has 0 bridgehead atoms. The van der Waals surface area contributed by atoms with Crippen LogP contribution in [0.15, 0.2) is 24.3 Å². The lowest BCUT2D eigenvalue weighted by Gasteiger charge is -2.10. The predicted molar refractivity (Wildman–Crippen MR) is 68.7 cm³/mol. The van der Waals surface area contributed by atoms with Gasteiger partial charge in [-0.15, -0.1) is 11.3 Å². The Morgan fingerprint density at radius 1 is 1.06 bits per heavy atom. The maximum Gasteiger partial charge on any atom is 0.126 e. The Morgan fingerprint density at radius 2 is 1.78 bits per heavy atom. The number of thiophene rings is 1. The zero-order valence-electron chi connectivity index (χ0n) is 9.75. The third kappa shape index (κ3) is 2.06. The molecule has 0 fully saturated rings. The Morgan fingerprint density at radius 3 is 2.44 bits per heavy atom. The van der Waals surface area contributed by atoms with Crippen LogP contribution in [0.2, 0.25) is 0 Å². The number of rotatable bonds is 2. The summed E-state index contributed by atoms with van der Waals surface area (Å²) in [6.07, 6.45) is 3.39. The first kappa shape index (κ1) is 11.8. The first-order chi connectivity index (χ1) is 8.63. The van der Waals surface area contributed by atoms with Gasteiger partial charge in [0.15, 0.2) is 0 Å². The van der Waals surface area contributed by atoms with Gasteiger partial charge in [-0.25, -0.2) is 8.78 Å². The minimum atomic E-state index is -0.579. The summed E-state index contributed by atoms with van der Waals surface area (Å²) in [6.45, 7) is 0. The topological polar surface area (TPSA) is 26.0 Å². The van der Waals surface area contributed by atoms with Crippen LogP contribution in [0.5, 0.6) is 0 Å². The number of aryl methyl sites for hydroxylation is 2. The van der Waals surface area contributed by atoms with E-state index in [1.165, 1.54) is 29.0 Å². The molecule has 0 saturated carbocycles. The maximum absolute atomic E-state index is 13.2. The van der Waals surface area contributed by atoms with Gasteiger partial charge in [-0.05, 0) is 48.6 Å². The van der Waals surface area contributed by atoms with Crippen LogP contribution in [0.1, 0.15) is 33.3 Å². The molecule has 0 aliphatic heterocycles. The Balaban J connectivity index is 1.95. The summed E-state index contributed by atoms with van der Waals surface area (Å²) in [7, 11) is 0. The van der Waals surface area contributed by atoms with Crippen molar-refractivity contribution < 1.29 is 8.78 Å². The Hall–Kier alpha value is -1.26. The van der Waals surface area contributed by atoms with Gasteiger partial charge in [-0.1, -0.05) is 0 Å². The van der Waals surface area contributed by atoms with Crippen molar-refractivity contribution in [1.29, 1.82) is 0 Å². The molecule has 0 saturated heterocycles. The summed E-state index contributed by atoms with van der Waals surface area (Å²) in [5.74, 6) is -1.16. The molecule has 0 spiro atoms. The fraction of sp³-hybridized carbons (Fsp3) is 0.286. The Kier molecular flexibility index (Phi) is 2.92. The second kappa shape index (κ2) is 4.44. The van der Waals surface area contributed by atoms with E-state index in [2.05, 4.69) is 6.07 Å². The van der Waals surface area contributed by atoms with Gasteiger partial charge in [0.2, 0.25) is 0 Å². The molecule has 2 N–H and O–H groups in total. The monoisotopic (exact) mass is 265 g/mol. The van der Waals surface area contributed by atoms with E-state index in [1.807, 2.05) is 0 Å². The lowest BCUT2D eigenvalue weighted by Crippen LogP contribution is -2.11. The molecule has 1 unspecified atom stereocenters. The van der Waals surface area contributed by atoms with Gasteiger partial charge in [-0.3, -0.25) is 0 Å². The van der Waals surface area contributed by atoms with E-state index in [1.54, 1.807) is 11.3 Å². The number of hydrogen-bond acceptors (Lipinski definition) is 2. The Bertz CT molecular complexity index is 550. The minimum Gasteiger partial charge on any atom is -0.320 e. The van der Waals surface area contributed by atoms with E-state index < -0.39 is 17.7 Å². The standard InChI is InChI=1S/C14H13F2NS/c15-10-4-9(5-11(16)7-10)14(17)13-6-8-2-1-3-12(8)18-13/h4-7,14H,1-3,17H2. The normalized spacial score (nSPS) is 15.7. The molecule has 1 aliphatic carbocycles. The average Bonchev–Trinajstić information content (AvgIpc) is 2.86. The summed E-state index contributed by atoms with van der Waals surface area (Å²) in [5.41, 5.74) is 7.93. The Labute approximate surface area is 108 Å². The van der Waals surface area contributed by atoms with Gasteiger partial charge in [0.05, 0.1) is 6.04 Å². The van der Waals surface area contributed by atoms with E-state index in [0.29, 0.717) is 5.56 Å². The number of benzene rings is 1. The van der Waals surface area contributed by atoms with Gasteiger partial charge in [-0.2, -0.15) is 0 Å². The van der Waals surface area contributed by atoms with Gasteiger partial charge >= 0.3 is 0 Å². The van der Waals surface area contributed by atoms with Crippen LogP contribution in [0.3, 0.4) is 0 Å². The third-order valence-electron chi connectivity index (χ3n) is 3.32. The van der Waals surface area contributed by atoms with Crippen molar-refractivity contribution in [2.45, 2.75) is 25.3 Å². The zero-order chi connectivity index (χ0) is 12.7. The molecular weight excluding hydrogens is 252 g/mol. The molecule has 3 rings (SSSR count). The van der Waals surface area contributed by atoms with Crippen LogP contribution in [0.25, 0.3) is 0 Å².